The van der Waals surface area contributed by atoms with Gasteiger partial charge in [0.1, 0.15) is 23.7 Å². The number of hydrogen-bond acceptors (Lipinski definition) is 7. The highest BCUT2D eigenvalue weighted by Gasteiger charge is 2.55. The third-order valence-electron chi connectivity index (χ3n) is 6.07. The molecule has 1 aromatic carbocycles. The lowest BCUT2D eigenvalue weighted by Gasteiger charge is -2.48. The molecular weight excluding hydrogens is 356 g/mol. The number of carbonyl (C=O) groups excluding carboxylic acids is 1. The number of carbonyl (C=O) groups is 1. The molecule has 1 aromatic heterocycles. The number of nitriles is 1. The van der Waals surface area contributed by atoms with Crippen molar-refractivity contribution >= 4 is 5.78 Å². The highest BCUT2D eigenvalue weighted by atomic mass is 16.5. The van der Waals surface area contributed by atoms with Gasteiger partial charge >= 0.3 is 0 Å². The van der Waals surface area contributed by atoms with Crippen molar-refractivity contribution in [3.63, 3.8) is 0 Å². The second kappa shape index (κ2) is 6.38. The number of nitrogens with one attached hydrogen (secondary N) is 1. The predicted octanol–water partition coefficient (Wildman–Crippen LogP) is 1.81. The van der Waals surface area contributed by atoms with E-state index in [2.05, 4.69) is 16.4 Å². The number of nitrogens with zero attached hydrogens (tertiary/aromatic N) is 2. The Kier molecular flexibility index (Phi) is 3.95. The molecule has 0 bridgehead atoms. The van der Waals surface area contributed by atoms with Crippen LogP contribution in [0.25, 0.3) is 11.1 Å². The molecule has 3 N–H and O–H groups in total. The topological polar surface area (TPSA) is 110 Å². The van der Waals surface area contributed by atoms with Crippen LogP contribution in [0.5, 0.6) is 5.75 Å². The Morgan fingerprint density at radius 1 is 1.29 bits per heavy atom. The summed E-state index contributed by atoms with van der Waals surface area (Å²) < 4.78 is 12.0. The number of rotatable bonds is 1. The Hall–Kier alpha value is -2.79. The second-order valence-corrected chi connectivity index (χ2v) is 7.68. The third-order valence-corrected chi connectivity index (χ3v) is 6.07. The van der Waals surface area contributed by atoms with Crippen LogP contribution in [0.1, 0.15) is 30.4 Å². The Bertz CT molecular complexity index is 1000. The van der Waals surface area contributed by atoms with Gasteiger partial charge < -0.3 is 9.47 Å². The van der Waals surface area contributed by atoms with Crippen molar-refractivity contribution in [1.29, 1.82) is 5.26 Å². The first-order chi connectivity index (χ1) is 13.6. The van der Waals surface area contributed by atoms with Crippen LogP contribution in [0.15, 0.2) is 36.7 Å². The van der Waals surface area contributed by atoms with Crippen molar-refractivity contribution in [2.45, 2.75) is 37.3 Å². The lowest BCUT2D eigenvalue weighted by Crippen LogP contribution is -2.59. The number of benzene rings is 1. The van der Waals surface area contributed by atoms with Gasteiger partial charge in [-0.3, -0.25) is 20.8 Å². The van der Waals surface area contributed by atoms with Crippen LogP contribution < -0.4 is 15.8 Å². The molecule has 1 unspecified atom stereocenters. The average molecular weight is 376 g/mol. The summed E-state index contributed by atoms with van der Waals surface area (Å²) in [5, 5.41) is 12.6. The number of ether oxygens (including phenoxy) is 2. The summed E-state index contributed by atoms with van der Waals surface area (Å²) in [5.41, 5.74) is 8.69. The Morgan fingerprint density at radius 3 is 2.96 bits per heavy atom. The summed E-state index contributed by atoms with van der Waals surface area (Å²) in [4.78, 5) is 16.4. The molecule has 2 fully saturated rings. The summed E-state index contributed by atoms with van der Waals surface area (Å²) in [6.07, 6.45) is 4.34. The first-order valence-corrected chi connectivity index (χ1v) is 9.42. The molecular formula is C21H20N4O3. The summed E-state index contributed by atoms with van der Waals surface area (Å²) >= 11 is 0. The number of aromatic nitrogens is 1. The zero-order chi connectivity index (χ0) is 19.3. The minimum atomic E-state index is -0.587. The van der Waals surface area contributed by atoms with Gasteiger partial charge in [-0.05, 0) is 30.2 Å². The van der Waals surface area contributed by atoms with Gasteiger partial charge in [-0.2, -0.15) is 5.26 Å². The lowest BCUT2D eigenvalue weighted by molar-refractivity contribution is -0.126. The van der Waals surface area contributed by atoms with Gasteiger partial charge in [0.2, 0.25) is 0 Å². The van der Waals surface area contributed by atoms with Crippen LogP contribution in [-0.2, 0) is 15.1 Å². The van der Waals surface area contributed by atoms with E-state index in [0.717, 1.165) is 22.4 Å². The third kappa shape index (κ3) is 2.61. The number of Topliss-reactive ketones (excluding diaryl/α,β-unsaturated/α-hetero) is 1. The molecule has 4 atom stereocenters. The number of hydrogen-bond donors (Lipinski definition) is 2. The zero-order valence-electron chi connectivity index (χ0n) is 15.2. The van der Waals surface area contributed by atoms with Gasteiger partial charge in [0.15, 0.2) is 6.35 Å². The number of ketones is 1. The number of fused-ring (bicyclic) bond motifs is 4. The number of pyridine rings is 1. The monoisotopic (exact) mass is 376 g/mol. The molecule has 3 aliphatic rings. The molecule has 1 spiro atoms. The zero-order valence-corrected chi connectivity index (χ0v) is 15.2. The largest absolute Gasteiger partial charge is 0.490 e. The van der Waals surface area contributed by atoms with Gasteiger partial charge in [-0.1, -0.05) is 6.07 Å². The average Bonchev–Trinajstić information content (AvgIpc) is 3.11. The lowest BCUT2D eigenvalue weighted by atomic mass is 9.67. The van der Waals surface area contributed by atoms with Crippen molar-refractivity contribution in [3.05, 3.63) is 47.8 Å². The van der Waals surface area contributed by atoms with Crippen LogP contribution in [0.4, 0.5) is 0 Å². The normalized spacial score (nSPS) is 31.0. The fourth-order valence-corrected chi connectivity index (χ4v) is 4.73. The van der Waals surface area contributed by atoms with E-state index in [0.29, 0.717) is 31.4 Å². The molecule has 28 heavy (non-hydrogen) atoms. The first-order valence-electron chi connectivity index (χ1n) is 9.42. The summed E-state index contributed by atoms with van der Waals surface area (Å²) in [6, 6.07) is 9.88. The minimum Gasteiger partial charge on any atom is -0.490 e. The highest BCUT2D eigenvalue weighted by molar-refractivity contribution is 5.80. The molecule has 0 amide bonds. The van der Waals surface area contributed by atoms with Crippen LogP contribution in [0.3, 0.4) is 0 Å². The molecule has 0 radical (unpaired) electrons. The van der Waals surface area contributed by atoms with Crippen LogP contribution in [-0.4, -0.2) is 29.8 Å². The van der Waals surface area contributed by atoms with Gasteiger partial charge in [0, 0.05) is 42.3 Å². The van der Waals surface area contributed by atoms with E-state index < -0.39 is 11.9 Å². The van der Waals surface area contributed by atoms with Crippen molar-refractivity contribution in [3.8, 4) is 22.9 Å². The summed E-state index contributed by atoms with van der Waals surface area (Å²) in [6.45, 7) is 0.388. The summed E-state index contributed by atoms with van der Waals surface area (Å²) in [7, 11) is 0. The molecule has 5 rings (SSSR count). The van der Waals surface area contributed by atoms with Gasteiger partial charge in [-0.25, -0.2) is 0 Å². The quantitative estimate of drug-likeness (QED) is 0.781. The van der Waals surface area contributed by atoms with E-state index in [1.165, 1.54) is 6.20 Å². The van der Waals surface area contributed by atoms with Crippen LogP contribution >= 0.6 is 0 Å². The van der Waals surface area contributed by atoms with Gasteiger partial charge in [0.25, 0.3) is 0 Å². The van der Waals surface area contributed by atoms with Crippen molar-refractivity contribution in [2.24, 2.45) is 11.7 Å². The van der Waals surface area contributed by atoms with Gasteiger partial charge in [-0.15, -0.1) is 0 Å². The van der Waals surface area contributed by atoms with E-state index in [-0.39, 0.29) is 17.8 Å². The van der Waals surface area contributed by atoms with E-state index in [9.17, 15) is 4.79 Å². The van der Waals surface area contributed by atoms with Crippen molar-refractivity contribution < 1.29 is 14.3 Å². The van der Waals surface area contributed by atoms with Crippen LogP contribution in [0, 0.1) is 17.2 Å². The minimum absolute atomic E-state index is 0.0337. The SMILES string of the molecule is N#Cc1cncc(-c2ccc3c(c2)[C@]2(CO[C@@H](N)N2)C2CC(=O)CC[C@H]2O3)c1. The summed E-state index contributed by atoms with van der Waals surface area (Å²) in [5.74, 6) is 1.000. The Labute approximate surface area is 162 Å². The van der Waals surface area contributed by atoms with E-state index >= 15 is 0 Å². The molecule has 2 aliphatic heterocycles. The predicted molar refractivity (Wildman–Crippen MR) is 99.9 cm³/mol. The maximum atomic E-state index is 12.2. The molecule has 1 saturated heterocycles. The van der Waals surface area contributed by atoms with E-state index in [4.69, 9.17) is 20.5 Å². The van der Waals surface area contributed by atoms with E-state index in [1.807, 2.05) is 24.3 Å². The van der Waals surface area contributed by atoms with E-state index in [1.54, 1.807) is 6.20 Å². The van der Waals surface area contributed by atoms with Crippen molar-refractivity contribution in [2.75, 3.05) is 6.61 Å². The first kappa shape index (κ1) is 17.3. The molecule has 7 heteroatoms. The van der Waals surface area contributed by atoms with Gasteiger partial charge in [0.05, 0.1) is 17.7 Å². The Balaban J connectivity index is 1.64. The molecule has 1 aliphatic carbocycles. The van der Waals surface area contributed by atoms with Crippen LogP contribution in [0.2, 0.25) is 0 Å². The Morgan fingerprint density at radius 2 is 2.18 bits per heavy atom. The molecule has 3 heterocycles. The maximum absolute atomic E-state index is 12.2. The second-order valence-electron chi connectivity index (χ2n) is 7.68. The number of nitrogens with two attached hydrogens (primary N) is 1. The molecule has 7 nitrogen and oxygen atoms in total. The standard InChI is InChI=1S/C21H20N4O3/c22-8-12-5-14(10-24-9-12)13-1-3-18-16(6-13)21(11-27-20(23)25-21)17-7-15(26)2-4-19(17)28-18/h1,3,5-6,9-10,17,19-20,25H,2,4,7,11,23H2/t17?,19-,20+,21-/m1/s1. The molecule has 142 valence electrons. The maximum Gasteiger partial charge on any atom is 0.161 e. The highest BCUT2D eigenvalue weighted by Crippen LogP contribution is 2.50. The smallest absolute Gasteiger partial charge is 0.161 e. The fraction of sp³-hybridized carbons (Fsp3) is 0.381. The molecule has 2 aromatic rings. The van der Waals surface area contributed by atoms with Crippen molar-refractivity contribution in [1.82, 2.24) is 10.3 Å². The fourth-order valence-electron chi connectivity index (χ4n) is 4.73. The molecule has 1 saturated carbocycles.